The van der Waals surface area contributed by atoms with Crippen LogP contribution in [-0.2, 0) is 16.0 Å². The Balaban J connectivity index is 1.65. The van der Waals surface area contributed by atoms with Crippen molar-refractivity contribution in [3.8, 4) is 5.75 Å². The van der Waals surface area contributed by atoms with Crippen LogP contribution in [0.2, 0.25) is 0 Å². The van der Waals surface area contributed by atoms with Gasteiger partial charge in [-0.2, -0.15) is 0 Å². The SMILES string of the molecule is CCOC(=O)c1ccc([C@@H]2C[C@@H](OCC)CCN2Cc2c(OC)cc(C)c3[nH]ccc23)cc1. The lowest BCUT2D eigenvalue weighted by Gasteiger charge is -2.40. The molecular weight excluding hydrogens is 416 g/mol. The van der Waals surface area contributed by atoms with E-state index in [1.54, 1.807) is 7.11 Å². The standard InChI is InChI=1S/C27H34N2O4/c1-5-32-21-12-14-29(17-23-22-11-13-28-26(22)18(3)15-25(23)31-4)24(16-21)19-7-9-20(10-8-19)27(30)33-6-2/h7-11,13,15,21,24,28H,5-6,12,14,16-17H2,1-4H3/t21-,24-/m0/s1. The van der Waals surface area contributed by atoms with Gasteiger partial charge in [-0.25, -0.2) is 4.79 Å². The van der Waals surface area contributed by atoms with Crippen molar-refractivity contribution in [2.75, 3.05) is 26.9 Å². The number of hydrogen-bond acceptors (Lipinski definition) is 5. The summed E-state index contributed by atoms with van der Waals surface area (Å²) >= 11 is 0. The van der Waals surface area contributed by atoms with Crippen molar-refractivity contribution in [2.45, 2.75) is 52.3 Å². The van der Waals surface area contributed by atoms with Gasteiger partial charge in [-0.05, 0) is 69.0 Å². The van der Waals surface area contributed by atoms with E-state index in [4.69, 9.17) is 14.2 Å². The van der Waals surface area contributed by atoms with Gasteiger partial charge in [0.15, 0.2) is 0 Å². The average Bonchev–Trinajstić information content (AvgIpc) is 3.33. The Bertz CT molecular complexity index is 1090. The van der Waals surface area contributed by atoms with Crippen molar-refractivity contribution >= 4 is 16.9 Å². The fourth-order valence-electron chi connectivity index (χ4n) is 4.94. The van der Waals surface area contributed by atoms with Gasteiger partial charge >= 0.3 is 5.97 Å². The molecular formula is C27H34N2O4. The molecule has 3 aromatic rings. The Kier molecular flexibility index (Phi) is 7.36. The highest BCUT2D eigenvalue weighted by atomic mass is 16.5. The predicted octanol–water partition coefficient (Wildman–Crippen LogP) is 5.40. The maximum atomic E-state index is 12.1. The first-order valence-electron chi connectivity index (χ1n) is 11.8. The van der Waals surface area contributed by atoms with Crippen LogP contribution in [0.3, 0.4) is 0 Å². The minimum absolute atomic E-state index is 0.187. The zero-order chi connectivity index (χ0) is 23.4. The number of esters is 1. The van der Waals surface area contributed by atoms with Crippen LogP contribution in [0.25, 0.3) is 10.9 Å². The Hall–Kier alpha value is -2.83. The molecule has 1 N–H and O–H groups in total. The normalized spacial score (nSPS) is 19.0. The second-order valence-electron chi connectivity index (χ2n) is 8.57. The largest absolute Gasteiger partial charge is 0.496 e. The molecule has 6 nitrogen and oxygen atoms in total. The Morgan fingerprint density at radius 3 is 2.64 bits per heavy atom. The van der Waals surface area contributed by atoms with Crippen LogP contribution in [0, 0.1) is 6.92 Å². The molecule has 33 heavy (non-hydrogen) atoms. The van der Waals surface area contributed by atoms with Crippen LogP contribution in [-0.4, -0.2) is 48.8 Å². The van der Waals surface area contributed by atoms with Gasteiger partial charge in [0.05, 0.1) is 25.4 Å². The molecule has 1 aliphatic heterocycles. The fourth-order valence-corrected chi connectivity index (χ4v) is 4.94. The highest BCUT2D eigenvalue weighted by molar-refractivity contribution is 5.89. The van der Waals surface area contributed by atoms with E-state index in [-0.39, 0.29) is 18.1 Å². The minimum atomic E-state index is -0.281. The van der Waals surface area contributed by atoms with Crippen LogP contribution in [0.1, 0.15) is 59.8 Å². The highest BCUT2D eigenvalue weighted by Crippen LogP contribution is 2.38. The zero-order valence-corrected chi connectivity index (χ0v) is 20.0. The van der Waals surface area contributed by atoms with Crippen LogP contribution in [0.4, 0.5) is 0 Å². The summed E-state index contributed by atoms with van der Waals surface area (Å²) in [6.45, 7) is 8.77. The summed E-state index contributed by atoms with van der Waals surface area (Å²) in [6, 6.07) is 12.3. The molecule has 176 valence electrons. The van der Waals surface area contributed by atoms with Crippen molar-refractivity contribution in [2.24, 2.45) is 0 Å². The van der Waals surface area contributed by atoms with Gasteiger partial charge in [-0.3, -0.25) is 4.90 Å². The number of ether oxygens (including phenoxy) is 3. The number of nitrogens with one attached hydrogen (secondary N) is 1. The predicted molar refractivity (Wildman–Crippen MR) is 130 cm³/mol. The molecule has 2 aromatic carbocycles. The van der Waals surface area contributed by atoms with Crippen molar-refractivity contribution < 1.29 is 19.0 Å². The van der Waals surface area contributed by atoms with Crippen molar-refractivity contribution in [3.05, 3.63) is 64.8 Å². The number of aryl methyl sites for hydroxylation is 1. The molecule has 0 aliphatic carbocycles. The third kappa shape index (κ3) is 4.92. The topological polar surface area (TPSA) is 63.8 Å². The van der Waals surface area contributed by atoms with E-state index in [0.717, 1.165) is 43.8 Å². The first kappa shape index (κ1) is 23.3. The Morgan fingerprint density at radius 1 is 1.15 bits per heavy atom. The number of likely N-dealkylation sites (tertiary alicyclic amines) is 1. The number of nitrogens with zero attached hydrogens (tertiary/aromatic N) is 1. The second-order valence-corrected chi connectivity index (χ2v) is 8.57. The molecule has 0 amide bonds. The van der Waals surface area contributed by atoms with Crippen LogP contribution in [0.15, 0.2) is 42.6 Å². The molecule has 4 rings (SSSR count). The van der Waals surface area contributed by atoms with E-state index in [1.807, 2.05) is 25.3 Å². The van der Waals surface area contributed by atoms with Crippen molar-refractivity contribution in [1.82, 2.24) is 9.88 Å². The lowest BCUT2D eigenvalue weighted by atomic mass is 9.91. The number of carbonyl (C=O) groups is 1. The molecule has 6 heteroatoms. The first-order chi connectivity index (χ1) is 16.0. The molecule has 0 saturated carbocycles. The summed E-state index contributed by atoms with van der Waals surface area (Å²) in [5, 5.41) is 1.20. The molecule has 0 radical (unpaired) electrons. The summed E-state index contributed by atoms with van der Waals surface area (Å²) in [5.74, 6) is 0.638. The number of benzene rings is 2. The molecule has 0 unspecified atom stereocenters. The second kappa shape index (κ2) is 10.4. The molecule has 2 atom stereocenters. The van der Waals surface area contributed by atoms with E-state index < -0.39 is 0 Å². The number of aromatic nitrogens is 1. The number of rotatable bonds is 8. The maximum absolute atomic E-state index is 12.1. The van der Waals surface area contributed by atoms with Gasteiger partial charge in [-0.15, -0.1) is 0 Å². The summed E-state index contributed by atoms with van der Waals surface area (Å²) in [6.07, 6.45) is 4.13. The van der Waals surface area contributed by atoms with E-state index in [1.165, 1.54) is 22.1 Å². The number of aromatic amines is 1. The molecule has 1 aromatic heterocycles. The maximum Gasteiger partial charge on any atom is 0.338 e. The van der Waals surface area contributed by atoms with E-state index in [0.29, 0.717) is 12.2 Å². The van der Waals surface area contributed by atoms with Gasteiger partial charge in [0, 0.05) is 48.4 Å². The summed E-state index contributed by atoms with van der Waals surface area (Å²) in [7, 11) is 1.74. The first-order valence-corrected chi connectivity index (χ1v) is 11.8. The number of hydrogen-bond donors (Lipinski definition) is 1. The molecule has 0 spiro atoms. The minimum Gasteiger partial charge on any atom is -0.496 e. The highest BCUT2D eigenvalue weighted by Gasteiger charge is 2.31. The Morgan fingerprint density at radius 2 is 1.94 bits per heavy atom. The number of piperidine rings is 1. The van der Waals surface area contributed by atoms with Gasteiger partial charge in [0.1, 0.15) is 5.75 Å². The number of fused-ring (bicyclic) bond motifs is 1. The Labute approximate surface area is 195 Å². The van der Waals surface area contributed by atoms with E-state index in [2.05, 4.69) is 48.0 Å². The summed E-state index contributed by atoms with van der Waals surface area (Å²) in [4.78, 5) is 18.0. The van der Waals surface area contributed by atoms with Crippen LogP contribution in [0.5, 0.6) is 5.75 Å². The number of methoxy groups -OCH3 is 1. The average molecular weight is 451 g/mol. The van der Waals surface area contributed by atoms with Crippen LogP contribution < -0.4 is 4.74 Å². The fraction of sp³-hybridized carbons (Fsp3) is 0.444. The molecule has 1 fully saturated rings. The van der Waals surface area contributed by atoms with Gasteiger partial charge in [0.25, 0.3) is 0 Å². The van der Waals surface area contributed by atoms with E-state index >= 15 is 0 Å². The third-order valence-electron chi connectivity index (χ3n) is 6.57. The smallest absolute Gasteiger partial charge is 0.338 e. The molecule has 1 saturated heterocycles. The monoisotopic (exact) mass is 450 g/mol. The molecule has 2 heterocycles. The zero-order valence-electron chi connectivity index (χ0n) is 20.0. The van der Waals surface area contributed by atoms with Crippen LogP contribution >= 0.6 is 0 Å². The van der Waals surface area contributed by atoms with Crippen molar-refractivity contribution in [1.29, 1.82) is 0 Å². The molecule has 0 bridgehead atoms. The third-order valence-corrected chi connectivity index (χ3v) is 6.57. The van der Waals surface area contributed by atoms with Gasteiger partial charge in [-0.1, -0.05) is 12.1 Å². The summed E-state index contributed by atoms with van der Waals surface area (Å²) in [5.41, 5.74) is 5.30. The number of carbonyl (C=O) groups excluding carboxylic acids is 1. The van der Waals surface area contributed by atoms with Gasteiger partial charge < -0.3 is 19.2 Å². The molecule has 1 aliphatic rings. The van der Waals surface area contributed by atoms with Crippen molar-refractivity contribution in [3.63, 3.8) is 0 Å². The van der Waals surface area contributed by atoms with E-state index in [9.17, 15) is 4.79 Å². The van der Waals surface area contributed by atoms with Gasteiger partial charge in [0.2, 0.25) is 0 Å². The summed E-state index contributed by atoms with van der Waals surface area (Å²) < 4.78 is 17.0. The lowest BCUT2D eigenvalue weighted by molar-refractivity contribution is -0.0138. The quantitative estimate of drug-likeness (QED) is 0.465. The lowest BCUT2D eigenvalue weighted by Crippen LogP contribution is -2.39. The number of H-pyrrole nitrogens is 1.